The highest BCUT2D eigenvalue weighted by Crippen LogP contribution is 2.32. The number of ether oxygens (including phenoxy) is 2. The molecule has 0 radical (unpaired) electrons. The van der Waals surface area contributed by atoms with E-state index < -0.39 is 0 Å². The number of para-hydroxylation sites is 1. The maximum absolute atomic E-state index is 12.8. The van der Waals surface area contributed by atoms with E-state index >= 15 is 0 Å². The van der Waals surface area contributed by atoms with E-state index in [1.807, 2.05) is 62.4 Å². The molecule has 3 aromatic rings. The second-order valence-electron chi connectivity index (χ2n) is 8.22. The zero-order valence-corrected chi connectivity index (χ0v) is 20.8. The van der Waals surface area contributed by atoms with Crippen LogP contribution in [0.15, 0.2) is 77.7 Å². The number of anilines is 1. The van der Waals surface area contributed by atoms with Gasteiger partial charge in [0.1, 0.15) is 18.1 Å². The molecule has 4 rings (SSSR count). The Balaban J connectivity index is 1.32. The summed E-state index contributed by atoms with van der Waals surface area (Å²) in [5, 5.41) is 2.49. The first-order valence-electron chi connectivity index (χ1n) is 11.4. The monoisotopic (exact) mass is 502 g/mol. The smallest absolute Gasteiger partial charge is 0.293 e. The molecule has 0 spiro atoms. The van der Waals surface area contributed by atoms with Gasteiger partial charge in [-0.3, -0.25) is 19.3 Å². The van der Waals surface area contributed by atoms with Gasteiger partial charge in [-0.05, 0) is 73.1 Å². The fourth-order valence-corrected chi connectivity index (χ4v) is 4.34. The van der Waals surface area contributed by atoms with E-state index in [4.69, 9.17) is 9.47 Å². The van der Waals surface area contributed by atoms with E-state index in [0.29, 0.717) is 22.0 Å². The van der Waals surface area contributed by atoms with Gasteiger partial charge < -0.3 is 14.8 Å². The number of rotatable bonds is 9. The Morgan fingerprint density at radius 3 is 2.50 bits per heavy atom. The second-order valence-corrected chi connectivity index (χ2v) is 9.21. The normalized spacial score (nSPS) is 14.3. The number of nitrogens with one attached hydrogen (secondary N) is 1. The second kappa shape index (κ2) is 11.6. The van der Waals surface area contributed by atoms with Crippen molar-refractivity contribution in [2.24, 2.45) is 0 Å². The fraction of sp³-hybridized carbons (Fsp3) is 0.179. The summed E-state index contributed by atoms with van der Waals surface area (Å²) in [6.07, 6.45) is 1.64. The molecule has 1 aliphatic heterocycles. The van der Waals surface area contributed by atoms with Gasteiger partial charge in [-0.1, -0.05) is 48.0 Å². The Morgan fingerprint density at radius 2 is 1.72 bits per heavy atom. The molecule has 0 unspecified atom stereocenters. The van der Waals surface area contributed by atoms with Gasteiger partial charge in [-0.25, -0.2) is 0 Å². The maximum atomic E-state index is 12.8. The van der Waals surface area contributed by atoms with Gasteiger partial charge in [0.15, 0.2) is 6.61 Å². The Bertz CT molecular complexity index is 1300. The molecule has 1 N–H and O–H groups in total. The third-order valence-corrected chi connectivity index (χ3v) is 6.33. The molecular formula is C28H26N2O5S. The first-order chi connectivity index (χ1) is 17.4. The highest BCUT2D eigenvalue weighted by Gasteiger charge is 2.34. The molecule has 1 saturated heterocycles. The lowest BCUT2D eigenvalue weighted by atomic mass is 10.2. The van der Waals surface area contributed by atoms with Gasteiger partial charge in [-0.2, -0.15) is 0 Å². The van der Waals surface area contributed by atoms with Gasteiger partial charge in [-0.15, -0.1) is 0 Å². The zero-order valence-electron chi connectivity index (χ0n) is 20.0. The van der Waals surface area contributed by atoms with Gasteiger partial charge in [0.05, 0.1) is 11.4 Å². The van der Waals surface area contributed by atoms with E-state index in [9.17, 15) is 14.4 Å². The molecule has 1 aliphatic rings. The predicted molar refractivity (Wildman–Crippen MR) is 141 cm³/mol. The van der Waals surface area contributed by atoms with Crippen LogP contribution in [0.25, 0.3) is 6.08 Å². The first-order valence-corrected chi connectivity index (χ1v) is 12.2. The molecule has 0 atom stereocenters. The van der Waals surface area contributed by atoms with Crippen molar-refractivity contribution in [2.75, 3.05) is 25.1 Å². The topological polar surface area (TPSA) is 84.9 Å². The van der Waals surface area contributed by atoms with E-state index in [1.54, 1.807) is 30.3 Å². The average Bonchev–Trinajstić information content (AvgIpc) is 3.13. The zero-order chi connectivity index (χ0) is 25.5. The largest absolute Gasteiger partial charge is 0.492 e. The summed E-state index contributed by atoms with van der Waals surface area (Å²) >= 11 is 0.890. The summed E-state index contributed by atoms with van der Waals surface area (Å²) < 4.78 is 11.3. The summed E-state index contributed by atoms with van der Waals surface area (Å²) in [6, 6.07) is 22.1. The minimum atomic E-state index is -0.360. The molecule has 0 saturated carbocycles. The van der Waals surface area contributed by atoms with Crippen molar-refractivity contribution in [2.45, 2.75) is 13.8 Å². The SMILES string of the molecule is Cc1ccc(OCCN2C(=O)S/C(=C\c3cccc(OCC(=O)Nc4ccccc4C)c3)C2=O)cc1. The van der Waals surface area contributed by atoms with Crippen LogP contribution in [-0.4, -0.2) is 41.7 Å². The Hall–Kier alpha value is -4.04. The standard InChI is InChI=1S/C28H26N2O5S/c1-19-10-12-22(13-11-19)34-15-14-30-27(32)25(36-28(30)33)17-21-7-5-8-23(16-21)35-18-26(31)29-24-9-4-3-6-20(24)2/h3-13,16-17H,14-15,18H2,1-2H3,(H,29,31)/b25-17-. The van der Waals surface area contributed by atoms with Crippen molar-refractivity contribution in [1.82, 2.24) is 4.90 Å². The van der Waals surface area contributed by atoms with Crippen LogP contribution in [0.1, 0.15) is 16.7 Å². The Labute approximate surface area is 214 Å². The lowest BCUT2D eigenvalue weighted by Crippen LogP contribution is -2.32. The summed E-state index contributed by atoms with van der Waals surface area (Å²) in [5.74, 6) is 0.534. The van der Waals surface area contributed by atoms with Crippen molar-refractivity contribution in [3.8, 4) is 11.5 Å². The van der Waals surface area contributed by atoms with E-state index in [1.165, 1.54) is 4.90 Å². The number of amides is 3. The number of benzene rings is 3. The molecule has 0 aromatic heterocycles. The molecule has 1 fully saturated rings. The molecule has 3 amide bonds. The van der Waals surface area contributed by atoms with Crippen molar-refractivity contribution in [1.29, 1.82) is 0 Å². The van der Waals surface area contributed by atoms with Crippen molar-refractivity contribution < 1.29 is 23.9 Å². The van der Waals surface area contributed by atoms with Crippen molar-refractivity contribution in [3.05, 3.63) is 94.4 Å². The van der Waals surface area contributed by atoms with Crippen LogP contribution >= 0.6 is 11.8 Å². The molecule has 0 aliphatic carbocycles. The number of nitrogens with zero attached hydrogens (tertiary/aromatic N) is 1. The van der Waals surface area contributed by atoms with Gasteiger partial charge in [0.2, 0.25) is 0 Å². The van der Waals surface area contributed by atoms with Crippen LogP contribution in [0.5, 0.6) is 11.5 Å². The molecular weight excluding hydrogens is 476 g/mol. The number of thioether (sulfide) groups is 1. The number of carbonyl (C=O) groups excluding carboxylic acids is 3. The summed E-state index contributed by atoms with van der Waals surface area (Å²) in [6.45, 7) is 4.12. The Kier molecular flexibility index (Phi) is 8.07. The first kappa shape index (κ1) is 25.1. The van der Waals surface area contributed by atoms with Gasteiger partial charge >= 0.3 is 0 Å². The maximum Gasteiger partial charge on any atom is 0.293 e. The minimum absolute atomic E-state index is 0.157. The minimum Gasteiger partial charge on any atom is -0.492 e. The van der Waals surface area contributed by atoms with Crippen LogP contribution in [0.2, 0.25) is 0 Å². The quantitative estimate of drug-likeness (QED) is 0.393. The van der Waals surface area contributed by atoms with E-state index in [2.05, 4.69) is 5.32 Å². The molecule has 3 aromatic carbocycles. The lowest BCUT2D eigenvalue weighted by Gasteiger charge is -2.13. The number of hydrogen-bond acceptors (Lipinski definition) is 6. The van der Waals surface area contributed by atoms with Gasteiger partial charge in [0.25, 0.3) is 17.1 Å². The fourth-order valence-electron chi connectivity index (χ4n) is 3.48. The Morgan fingerprint density at radius 1 is 0.944 bits per heavy atom. The third kappa shape index (κ3) is 6.55. The van der Waals surface area contributed by atoms with E-state index in [0.717, 1.165) is 28.6 Å². The predicted octanol–water partition coefficient (Wildman–Crippen LogP) is 5.44. The van der Waals surface area contributed by atoms with Crippen LogP contribution < -0.4 is 14.8 Å². The molecule has 0 bridgehead atoms. The molecule has 1 heterocycles. The van der Waals surface area contributed by atoms with Crippen LogP contribution in [0, 0.1) is 13.8 Å². The van der Waals surface area contributed by atoms with Crippen LogP contribution in [0.3, 0.4) is 0 Å². The molecule has 184 valence electrons. The lowest BCUT2D eigenvalue weighted by molar-refractivity contribution is -0.123. The van der Waals surface area contributed by atoms with Crippen molar-refractivity contribution in [3.63, 3.8) is 0 Å². The van der Waals surface area contributed by atoms with Gasteiger partial charge in [0, 0.05) is 5.69 Å². The number of hydrogen-bond donors (Lipinski definition) is 1. The number of aryl methyl sites for hydroxylation is 2. The number of imide groups is 1. The van der Waals surface area contributed by atoms with Crippen LogP contribution in [-0.2, 0) is 9.59 Å². The highest BCUT2D eigenvalue weighted by atomic mass is 32.2. The average molecular weight is 503 g/mol. The third-order valence-electron chi connectivity index (χ3n) is 5.42. The summed E-state index contributed by atoms with van der Waals surface area (Å²) in [7, 11) is 0. The highest BCUT2D eigenvalue weighted by molar-refractivity contribution is 8.18. The molecule has 8 heteroatoms. The summed E-state index contributed by atoms with van der Waals surface area (Å²) in [4.78, 5) is 38.9. The molecule has 36 heavy (non-hydrogen) atoms. The van der Waals surface area contributed by atoms with E-state index in [-0.39, 0.29) is 36.8 Å². The van der Waals surface area contributed by atoms with Crippen LogP contribution in [0.4, 0.5) is 10.5 Å². The summed E-state index contributed by atoms with van der Waals surface area (Å²) in [5.41, 5.74) is 3.51. The number of carbonyl (C=O) groups is 3. The van der Waals surface area contributed by atoms with Crippen molar-refractivity contribution >= 4 is 40.6 Å². The molecule has 7 nitrogen and oxygen atoms in total.